The summed E-state index contributed by atoms with van der Waals surface area (Å²) in [5.74, 6) is 0.242. The largest absolute Gasteiger partial charge is 0.481 e. The second kappa shape index (κ2) is 5.59. The summed E-state index contributed by atoms with van der Waals surface area (Å²) < 4.78 is 5.87. The fourth-order valence-electron chi connectivity index (χ4n) is 7.95. The highest BCUT2D eigenvalue weighted by atomic mass is 16.5. The molecule has 2 bridgehead atoms. The predicted octanol–water partition coefficient (Wildman–Crippen LogP) is 4.58. The van der Waals surface area contributed by atoms with Crippen LogP contribution in [0.25, 0.3) is 0 Å². The number of carboxylic acid groups (broad SMARTS) is 1. The van der Waals surface area contributed by atoms with Gasteiger partial charge in [-0.1, -0.05) is 19.9 Å². The Morgan fingerprint density at radius 1 is 1.12 bits per heavy atom. The van der Waals surface area contributed by atoms with Gasteiger partial charge in [-0.15, -0.1) is 0 Å². The van der Waals surface area contributed by atoms with Crippen LogP contribution in [-0.2, 0) is 14.3 Å². The molecule has 4 rings (SSSR count). The quantitative estimate of drug-likeness (QED) is 0.578. The summed E-state index contributed by atoms with van der Waals surface area (Å²) in [4.78, 5) is 24.0. The summed E-state index contributed by atoms with van der Waals surface area (Å²) in [6, 6.07) is 0. The molecule has 0 radical (unpaired) electrons. The van der Waals surface area contributed by atoms with Gasteiger partial charge in [0.05, 0.1) is 5.41 Å². The molecule has 0 aromatic carbocycles. The highest BCUT2D eigenvalue weighted by Crippen LogP contribution is 2.72. The maximum absolute atomic E-state index is 12.2. The van der Waals surface area contributed by atoms with E-state index in [1.165, 1.54) is 6.92 Å². The number of hydrogen-bond acceptors (Lipinski definition) is 3. The van der Waals surface area contributed by atoms with Crippen molar-refractivity contribution in [2.75, 3.05) is 0 Å². The number of carbonyl (C=O) groups is 2. The molecule has 1 N–H and O–H groups in total. The Balaban J connectivity index is 1.77. The number of fused-ring (bicyclic) bond motifs is 3. The molecule has 4 nitrogen and oxygen atoms in total. The Bertz CT molecular complexity index is 669. The Kier molecular flexibility index (Phi) is 3.88. The van der Waals surface area contributed by atoms with Crippen molar-refractivity contribution < 1.29 is 19.4 Å². The SMILES string of the molecule is C=C1[C@H]2CC[C@H]3[C@]4(C)CCC[C@@](C)(C(=O)O)[C@H]4CC[C@@]3(C2)[C@@H]1OC(C)=O. The molecule has 0 saturated heterocycles. The summed E-state index contributed by atoms with van der Waals surface area (Å²) in [5, 5.41) is 10.0. The minimum absolute atomic E-state index is 0.0115. The number of ether oxygens (including phenoxy) is 1. The zero-order valence-corrected chi connectivity index (χ0v) is 16.3. The molecular weight excluding hydrogens is 328 g/mol. The summed E-state index contributed by atoms with van der Waals surface area (Å²) >= 11 is 0. The summed E-state index contributed by atoms with van der Waals surface area (Å²) in [6.45, 7) is 10.1. The number of carboxylic acids is 1. The van der Waals surface area contributed by atoms with Crippen molar-refractivity contribution in [3.05, 3.63) is 12.2 Å². The van der Waals surface area contributed by atoms with Gasteiger partial charge in [-0.05, 0) is 80.6 Å². The monoisotopic (exact) mass is 360 g/mol. The Morgan fingerprint density at radius 2 is 1.85 bits per heavy atom. The second-order valence-electron chi connectivity index (χ2n) is 10.0. The minimum Gasteiger partial charge on any atom is -0.481 e. The lowest BCUT2D eigenvalue weighted by Gasteiger charge is -2.63. The van der Waals surface area contributed by atoms with Crippen LogP contribution in [0.5, 0.6) is 0 Å². The van der Waals surface area contributed by atoms with Gasteiger partial charge < -0.3 is 9.84 Å². The van der Waals surface area contributed by atoms with Gasteiger partial charge in [0.2, 0.25) is 0 Å². The highest BCUT2D eigenvalue weighted by molar-refractivity contribution is 5.75. The molecule has 4 saturated carbocycles. The lowest BCUT2D eigenvalue weighted by atomic mass is 9.40. The first-order valence-electron chi connectivity index (χ1n) is 10.2. The number of hydrogen-bond donors (Lipinski definition) is 1. The first-order chi connectivity index (χ1) is 12.1. The van der Waals surface area contributed by atoms with Crippen LogP contribution in [0.1, 0.15) is 72.1 Å². The fourth-order valence-corrected chi connectivity index (χ4v) is 7.95. The van der Waals surface area contributed by atoms with Crippen LogP contribution in [0.15, 0.2) is 12.2 Å². The molecule has 0 amide bonds. The van der Waals surface area contributed by atoms with Crippen LogP contribution in [0, 0.1) is 34.0 Å². The number of aliphatic carboxylic acids is 1. The van der Waals surface area contributed by atoms with E-state index < -0.39 is 11.4 Å². The van der Waals surface area contributed by atoms with E-state index in [0.29, 0.717) is 11.8 Å². The van der Waals surface area contributed by atoms with Crippen LogP contribution in [0.3, 0.4) is 0 Å². The normalized spacial score (nSPS) is 49.9. The third kappa shape index (κ3) is 2.13. The lowest BCUT2D eigenvalue weighted by molar-refractivity contribution is -0.195. The first kappa shape index (κ1) is 18.1. The van der Waals surface area contributed by atoms with Gasteiger partial charge in [0.15, 0.2) is 0 Å². The van der Waals surface area contributed by atoms with E-state index in [1.807, 2.05) is 6.92 Å². The minimum atomic E-state index is -0.634. The topological polar surface area (TPSA) is 63.6 Å². The van der Waals surface area contributed by atoms with Crippen molar-refractivity contribution in [1.29, 1.82) is 0 Å². The average molecular weight is 360 g/mol. The molecule has 4 aliphatic rings. The fraction of sp³-hybridized carbons (Fsp3) is 0.818. The van der Waals surface area contributed by atoms with Crippen molar-refractivity contribution in [3.8, 4) is 0 Å². The third-order valence-corrected chi connectivity index (χ3v) is 8.95. The number of rotatable bonds is 2. The van der Waals surface area contributed by atoms with Gasteiger partial charge in [-0.25, -0.2) is 0 Å². The molecule has 144 valence electrons. The molecular formula is C22H32O4. The molecule has 0 heterocycles. The summed E-state index contributed by atoms with van der Waals surface area (Å²) in [6.07, 6.45) is 7.86. The zero-order valence-electron chi connectivity index (χ0n) is 16.3. The molecule has 7 atom stereocenters. The molecule has 4 aliphatic carbocycles. The molecule has 0 aromatic heterocycles. The van der Waals surface area contributed by atoms with Gasteiger partial charge >= 0.3 is 11.9 Å². The van der Waals surface area contributed by atoms with Crippen LogP contribution in [0.2, 0.25) is 0 Å². The second-order valence-corrected chi connectivity index (χ2v) is 10.0. The molecule has 4 fully saturated rings. The van der Waals surface area contributed by atoms with E-state index in [4.69, 9.17) is 4.74 Å². The molecule has 26 heavy (non-hydrogen) atoms. The molecule has 0 aliphatic heterocycles. The molecule has 4 heteroatoms. The van der Waals surface area contributed by atoms with Crippen LogP contribution in [-0.4, -0.2) is 23.1 Å². The van der Waals surface area contributed by atoms with Crippen molar-refractivity contribution in [2.45, 2.75) is 78.2 Å². The number of carbonyl (C=O) groups excluding carboxylic acids is 1. The van der Waals surface area contributed by atoms with Crippen LogP contribution in [0.4, 0.5) is 0 Å². The van der Waals surface area contributed by atoms with Crippen LogP contribution < -0.4 is 0 Å². The van der Waals surface area contributed by atoms with Crippen molar-refractivity contribution in [3.63, 3.8) is 0 Å². The van der Waals surface area contributed by atoms with Gasteiger partial charge in [-0.2, -0.15) is 0 Å². The Labute approximate surface area is 156 Å². The Hall–Kier alpha value is -1.32. The standard InChI is InChI=1S/C22H32O4/c1-13-15-6-7-17-20(3)9-5-10-21(4,19(24)25)16(20)8-11-22(17,12-15)18(13)26-14(2)23/h15-18H,1,5-12H2,2-4H3,(H,24,25)/t15-,16-,17-,18+,20+,21+,22-/m0/s1. The van der Waals surface area contributed by atoms with Crippen molar-refractivity contribution in [1.82, 2.24) is 0 Å². The molecule has 0 unspecified atom stereocenters. The zero-order chi connectivity index (χ0) is 18.9. The maximum atomic E-state index is 12.2. The van der Waals surface area contributed by atoms with E-state index in [1.54, 1.807) is 0 Å². The lowest BCUT2D eigenvalue weighted by Crippen LogP contribution is -2.60. The first-order valence-corrected chi connectivity index (χ1v) is 10.2. The molecule has 1 spiro atoms. The van der Waals surface area contributed by atoms with E-state index in [-0.39, 0.29) is 28.8 Å². The van der Waals surface area contributed by atoms with Crippen molar-refractivity contribution in [2.24, 2.45) is 34.0 Å². The summed E-state index contributed by atoms with van der Waals surface area (Å²) in [5.41, 5.74) is 0.477. The van der Waals surface area contributed by atoms with E-state index >= 15 is 0 Å². The van der Waals surface area contributed by atoms with Gasteiger partial charge in [0.25, 0.3) is 0 Å². The summed E-state index contributed by atoms with van der Waals surface area (Å²) in [7, 11) is 0. The van der Waals surface area contributed by atoms with E-state index in [0.717, 1.165) is 56.9 Å². The number of esters is 1. The maximum Gasteiger partial charge on any atom is 0.309 e. The molecule has 0 aromatic rings. The third-order valence-electron chi connectivity index (χ3n) is 8.95. The average Bonchev–Trinajstić information content (AvgIpc) is 2.75. The van der Waals surface area contributed by atoms with Crippen molar-refractivity contribution >= 4 is 11.9 Å². The van der Waals surface area contributed by atoms with E-state index in [2.05, 4.69) is 13.5 Å². The predicted molar refractivity (Wildman–Crippen MR) is 98.4 cm³/mol. The Morgan fingerprint density at radius 3 is 2.50 bits per heavy atom. The smallest absolute Gasteiger partial charge is 0.309 e. The van der Waals surface area contributed by atoms with Gasteiger partial charge in [0, 0.05) is 12.3 Å². The van der Waals surface area contributed by atoms with Crippen LogP contribution >= 0.6 is 0 Å². The van der Waals surface area contributed by atoms with E-state index in [9.17, 15) is 14.7 Å². The van der Waals surface area contributed by atoms with Gasteiger partial charge in [0.1, 0.15) is 6.10 Å². The highest BCUT2D eigenvalue weighted by Gasteiger charge is 2.68. The van der Waals surface area contributed by atoms with Gasteiger partial charge in [-0.3, -0.25) is 9.59 Å².